The van der Waals surface area contributed by atoms with E-state index < -0.39 is 14.3 Å². The zero-order chi connectivity index (χ0) is 10.8. The van der Waals surface area contributed by atoms with Gasteiger partial charge in [-0.25, -0.2) is 0 Å². The van der Waals surface area contributed by atoms with Crippen LogP contribution in [0.15, 0.2) is 11.6 Å². The highest BCUT2D eigenvalue weighted by Crippen LogP contribution is 2.26. The Morgan fingerprint density at radius 1 is 1.64 bits per heavy atom. The van der Waals surface area contributed by atoms with Crippen molar-refractivity contribution in [3.05, 3.63) is 11.6 Å². The Labute approximate surface area is 85.9 Å². The van der Waals surface area contributed by atoms with E-state index in [0.717, 1.165) is 18.4 Å². The van der Waals surface area contributed by atoms with E-state index in [2.05, 4.69) is 19.6 Å². The molecule has 0 radical (unpaired) electrons. The van der Waals surface area contributed by atoms with Gasteiger partial charge in [0.1, 0.15) is 0 Å². The highest BCUT2D eigenvalue weighted by molar-refractivity contribution is 6.69. The van der Waals surface area contributed by atoms with Crippen LogP contribution in [0.25, 0.3) is 0 Å². The molecule has 1 aliphatic carbocycles. The second kappa shape index (κ2) is 4.27. The zero-order valence-corrected chi connectivity index (χ0v) is 10.0. The van der Waals surface area contributed by atoms with Crippen LogP contribution >= 0.6 is 0 Å². The molecular weight excluding hydrogens is 196 g/mol. The second-order valence-corrected chi connectivity index (χ2v) is 9.19. The summed E-state index contributed by atoms with van der Waals surface area (Å²) in [5.74, 6) is -0.745. The maximum atomic E-state index is 10.5. The van der Waals surface area contributed by atoms with E-state index in [1.54, 1.807) is 0 Å². The van der Waals surface area contributed by atoms with E-state index in [1.807, 2.05) is 6.08 Å². The summed E-state index contributed by atoms with van der Waals surface area (Å²) < 4.78 is 5.90. The van der Waals surface area contributed by atoms with Gasteiger partial charge in [0.15, 0.2) is 8.32 Å². The van der Waals surface area contributed by atoms with Crippen LogP contribution in [0.1, 0.15) is 19.3 Å². The third-order valence-corrected chi connectivity index (χ3v) is 3.10. The molecule has 0 aliphatic heterocycles. The summed E-state index contributed by atoms with van der Waals surface area (Å²) in [5, 5.41) is 8.62. The molecule has 4 heteroatoms. The molecule has 0 bridgehead atoms. The summed E-state index contributed by atoms with van der Waals surface area (Å²) in [6.07, 6.45) is 4.10. The molecule has 0 aromatic carbocycles. The van der Waals surface area contributed by atoms with E-state index in [1.165, 1.54) is 0 Å². The molecule has 0 spiro atoms. The number of hydrogen-bond acceptors (Lipinski definition) is 2. The Morgan fingerprint density at radius 2 is 2.29 bits per heavy atom. The highest BCUT2D eigenvalue weighted by Gasteiger charge is 2.25. The van der Waals surface area contributed by atoms with Gasteiger partial charge in [-0.1, -0.05) is 11.6 Å². The lowest BCUT2D eigenvalue weighted by Crippen LogP contribution is -2.30. The van der Waals surface area contributed by atoms with Gasteiger partial charge >= 0.3 is 5.97 Å². The fourth-order valence-electron chi connectivity index (χ4n) is 1.69. The second-order valence-electron chi connectivity index (χ2n) is 4.72. The quantitative estimate of drug-likeness (QED) is 0.577. The molecule has 0 fully saturated rings. The summed E-state index contributed by atoms with van der Waals surface area (Å²) in [6.45, 7) is 6.46. The van der Waals surface area contributed by atoms with Crippen LogP contribution in [0, 0.1) is 0 Å². The average Bonchev–Trinajstić information content (AvgIpc) is 2.30. The molecule has 3 nitrogen and oxygen atoms in total. The summed E-state index contributed by atoms with van der Waals surface area (Å²) in [6, 6.07) is 0. The number of hydrogen-bond donors (Lipinski definition) is 1. The minimum atomic E-state index is -1.47. The molecule has 0 aromatic rings. The first-order valence-corrected chi connectivity index (χ1v) is 8.35. The summed E-state index contributed by atoms with van der Waals surface area (Å²) in [7, 11) is -1.47. The molecule has 1 aliphatic rings. The van der Waals surface area contributed by atoms with E-state index >= 15 is 0 Å². The lowest BCUT2D eigenvalue weighted by atomic mass is 10.1. The van der Waals surface area contributed by atoms with Crippen LogP contribution in [-0.4, -0.2) is 25.5 Å². The molecule has 80 valence electrons. The lowest BCUT2D eigenvalue weighted by Gasteiger charge is -2.23. The van der Waals surface area contributed by atoms with Gasteiger partial charge in [0.25, 0.3) is 0 Å². The molecule has 0 amide bonds. The van der Waals surface area contributed by atoms with Crippen LogP contribution in [0.5, 0.6) is 0 Å². The monoisotopic (exact) mass is 214 g/mol. The van der Waals surface area contributed by atoms with E-state index in [0.29, 0.717) is 0 Å². The maximum absolute atomic E-state index is 10.5. The first kappa shape index (κ1) is 11.5. The fourth-order valence-corrected chi connectivity index (χ4v) is 2.87. The van der Waals surface area contributed by atoms with Crippen LogP contribution in [0.4, 0.5) is 0 Å². The Kier molecular flexibility index (Phi) is 3.50. The van der Waals surface area contributed by atoms with E-state index in [-0.39, 0.29) is 12.5 Å². The molecule has 1 rings (SSSR count). The Balaban J connectivity index is 2.35. The number of carboxylic acids is 1. The van der Waals surface area contributed by atoms with Crippen molar-refractivity contribution in [3.8, 4) is 0 Å². The van der Waals surface area contributed by atoms with Crippen molar-refractivity contribution < 1.29 is 14.3 Å². The summed E-state index contributed by atoms with van der Waals surface area (Å²) in [4.78, 5) is 10.5. The lowest BCUT2D eigenvalue weighted by molar-refractivity contribution is -0.136. The normalized spacial score (nSPS) is 22.2. The van der Waals surface area contributed by atoms with Gasteiger partial charge in [0.05, 0.1) is 12.5 Å². The van der Waals surface area contributed by atoms with Gasteiger partial charge in [-0.2, -0.15) is 0 Å². The van der Waals surface area contributed by atoms with Gasteiger partial charge in [-0.3, -0.25) is 4.79 Å². The Hall–Kier alpha value is -0.613. The van der Waals surface area contributed by atoms with Crippen molar-refractivity contribution in [1.29, 1.82) is 0 Å². The third kappa shape index (κ3) is 4.06. The zero-order valence-electron chi connectivity index (χ0n) is 9.04. The molecule has 0 heterocycles. The van der Waals surface area contributed by atoms with Gasteiger partial charge < -0.3 is 9.53 Å². The summed E-state index contributed by atoms with van der Waals surface area (Å²) >= 11 is 0. The molecule has 1 unspecified atom stereocenters. The highest BCUT2D eigenvalue weighted by atomic mass is 28.4. The van der Waals surface area contributed by atoms with Gasteiger partial charge in [-0.05, 0) is 32.5 Å². The standard InChI is InChI=1S/C10H18O3Si/c1-14(2,3)13-9-5-4-8(6-9)7-10(11)12/h4,9H,5-7H2,1-3H3,(H,11,12). The van der Waals surface area contributed by atoms with Crippen molar-refractivity contribution >= 4 is 14.3 Å². The van der Waals surface area contributed by atoms with Gasteiger partial charge in [0, 0.05) is 0 Å². The van der Waals surface area contributed by atoms with Crippen LogP contribution in [0.2, 0.25) is 19.6 Å². The molecule has 0 saturated carbocycles. The first-order valence-electron chi connectivity index (χ1n) is 4.94. The number of aliphatic carboxylic acids is 1. The first-order chi connectivity index (χ1) is 6.37. The van der Waals surface area contributed by atoms with Crippen LogP contribution in [-0.2, 0) is 9.22 Å². The van der Waals surface area contributed by atoms with Crippen molar-refractivity contribution in [2.75, 3.05) is 0 Å². The number of carboxylic acid groups (broad SMARTS) is 1. The third-order valence-electron chi connectivity index (χ3n) is 2.06. The minimum Gasteiger partial charge on any atom is -0.481 e. The van der Waals surface area contributed by atoms with Crippen molar-refractivity contribution in [2.45, 2.75) is 45.0 Å². The largest absolute Gasteiger partial charge is 0.481 e. The molecule has 1 atom stereocenters. The van der Waals surface area contributed by atoms with Crippen molar-refractivity contribution in [2.24, 2.45) is 0 Å². The van der Waals surface area contributed by atoms with E-state index in [4.69, 9.17) is 9.53 Å². The minimum absolute atomic E-state index is 0.172. The average molecular weight is 214 g/mol. The van der Waals surface area contributed by atoms with Crippen molar-refractivity contribution in [3.63, 3.8) is 0 Å². The van der Waals surface area contributed by atoms with Crippen molar-refractivity contribution in [1.82, 2.24) is 0 Å². The predicted molar refractivity (Wildman–Crippen MR) is 57.8 cm³/mol. The molecule has 0 saturated heterocycles. The maximum Gasteiger partial charge on any atom is 0.307 e. The number of rotatable bonds is 4. The van der Waals surface area contributed by atoms with Crippen LogP contribution in [0.3, 0.4) is 0 Å². The molecule has 14 heavy (non-hydrogen) atoms. The fraction of sp³-hybridized carbons (Fsp3) is 0.700. The van der Waals surface area contributed by atoms with Crippen LogP contribution < -0.4 is 0 Å². The molecule has 1 N–H and O–H groups in total. The smallest absolute Gasteiger partial charge is 0.307 e. The number of carbonyl (C=O) groups is 1. The summed E-state index contributed by atoms with van der Waals surface area (Å²) in [5.41, 5.74) is 1.01. The van der Waals surface area contributed by atoms with Gasteiger partial charge in [-0.15, -0.1) is 0 Å². The Morgan fingerprint density at radius 3 is 2.79 bits per heavy atom. The molecule has 0 aromatic heterocycles. The predicted octanol–water partition coefficient (Wildman–Crippen LogP) is 2.40. The SMILES string of the molecule is C[Si](C)(C)OC1CC=C(CC(=O)O)C1. The van der Waals surface area contributed by atoms with Gasteiger partial charge in [0.2, 0.25) is 0 Å². The topological polar surface area (TPSA) is 46.5 Å². The Bertz CT molecular complexity index is 253. The molecular formula is C10H18O3Si. The van der Waals surface area contributed by atoms with E-state index in [9.17, 15) is 4.79 Å².